The maximum absolute atomic E-state index is 13.9. The first-order chi connectivity index (χ1) is 23.4. The van der Waals surface area contributed by atoms with E-state index < -0.39 is 27.7 Å². The standard InChI is InChI=1S/C31H30ClF3N8O2.CH4O3S/c1-19-7-8-21(18-36-19)43-27(17-25(40-43)30(11-12-30)31(33,34)35)39-29(45)38-24-9-10-26(37-20(24)2)41-13-15-42(16-14-41)28(44)22-5-3-4-6-23(22)32;1-5(2,3)4/h3-10,17-18H,11-16H2,1-2H3,(H2,38,39,45);1H3,(H,2,3,4). The predicted octanol–water partition coefficient (Wildman–Crippen LogP) is 5.64. The van der Waals surface area contributed by atoms with E-state index in [4.69, 9.17) is 16.2 Å². The summed E-state index contributed by atoms with van der Waals surface area (Å²) in [6.07, 6.45) is -2.38. The molecule has 1 saturated heterocycles. The molecule has 2 aliphatic rings. The van der Waals surface area contributed by atoms with Gasteiger partial charge in [-0.25, -0.2) is 14.5 Å². The maximum Gasteiger partial charge on any atom is 0.400 e. The number of aryl methyl sites for hydroxylation is 2. The van der Waals surface area contributed by atoms with E-state index in [1.807, 2.05) is 0 Å². The molecule has 4 aromatic rings. The summed E-state index contributed by atoms with van der Waals surface area (Å²) in [6.45, 7) is 5.66. The van der Waals surface area contributed by atoms with Gasteiger partial charge in [-0.3, -0.25) is 19.6 Å². The highest BCUT2D eigenvalue weighted by molar-refractivity contribution is 7.85. The minimum absolute atomic E-state index is 0.0603. The highest BCUT2D eigenvalue weighted by atomic mass is 35.5. The fourth-order valence-electron chi connectivity index (χ4n) is 5.37. The Hall–Kier alpha value is -4.74. The molecule has 0 unspecified atom stereocenters. The number of halogens is 4. The normalized spacial score (nSPS) is 15.5. The molecule has 1 aliphatic heterocycles. The number of nitrogens with one attached hydrogen (secondary N) is 2. The van der Waals surface area contributed by atoms with Crippen molar-refractivity contribution < 1.29 is 35.7 Å². The molecule has 0 radical (unpaired) electrons. The number of rotatable bonds is 6. The molecule has 1 saturated carbocycles. The van der Waals surface area contributed by atoms with Crippen LogP contribution >= 0.6 is 11.6 Å². The zero-order valence-electron chi connectivity index (χ0n) is 27.2. The minimum atomic E-state index is -4.46. The topological polar surface area (TPSA) is 163 Å². The molecule has 13 nitrogen and oxygen atoms in total. The van der Waals surface area contributed by atoms with E-state index in [1.165, 1.54) is 16.9 Å². The Morgan fingerprint density at radius 1 is 0.980 bits per heavy atom. The van der Waals surface area contributed by atoms with Crippen LogP contribution in [0.15, 0.2) is 60.8 Å². The molecule has 0 bridgehead atoms. The van der Waals surface area contributed by atoms with Crippen LogP contribution in [0.25, 0.3) is 5.69 Å². The number of hydrogen-bond acceptors (Lipinski definition) is 8. The van der Waals surface area contributed by atoms with Gasteiger partial charge in [0, 0.05) is 37.9 Å². The molecule has 6 rings (SSSR count). The van der Waals surface area contributed by atoms with E-state index in [2.05, 4.69) is 30.6 Å². The lowest BCUT2D eigenvalue weighted by Crippen LogP contribution is -2.49. The van der Waals surface area contributed by atoms with Crippen molar-refractivity contribution in [3.05, 3.63) is 88.5 Å². The fourth-order valence-corrected chi connectivity index (χ4v) is 5.58. The summed E-state index contributed by atoms with van der Waals surface area (Å²) in [5.41, 5.74) is 0.415. The first-order valence-corrected chi connectivity index (χ1v) is 17.5. The molecule has 0 atom stereocenters. The molecule has 266 valence electrons. The Morgan fingerprint density at radius 3 is 2.20 bits per heavy atom. The van der Waals surface area contributed by atoms with Gasteiger partial charge in [0.25, 0.3) is 16.0 Å². The van der Waals surface area contributed by atoms with Gasteiger partial charge in [-0.1, -0.05) is 23.7 Å². The number of aromatic nitrogens is 4. The molecule has 18 heteroatoms. The van der Waals surface area contributed by atoms with Crippen LogP contribution in [0, 0.1) is 13.8 Å². The molecule has 3 N–H and O–H groups in total. The average Bonchev–Trinajstić information content (AvgIpc) is 3.77. The van der Waals surface area contributed by atoms with Gasteiger partial charge >= 0.3 is 12.2 Å². The monoisotopic (exact) mass is 734 g/mol. The number of hydrogen-bond donors (Lipinski definition) is 3. The van der Waals surface area contributed by atoms with Gasteiger partial charge in [0.15, 0.2) is 0 Å². The molecule has 1 aromatic carbocycles. The van der Waals surface area contributed by atoms with E-state index in [0.29, 0.717) is 65.9 Å². The van der Waals surface area contributed by atoms with Gasteiger partial charge in [0.1, 0.15) is 17.1 Å². The van der Waals surface area contributed by atoms with Crippen LogP contribution in [0.2, 0.25) is 5.02 Å². The number of anilines is 3. The van der Waals surface area contributed by atoms with E-state index in [0.717, 1.165) is 5.69 Å². The third-order valence-corrected chi connectivity index (χ3v) is 8.52. The number of benzene rings is 1. The second-order valence-electron chi connectivity index (χ2n) is 11.9. The summed E-state index contributed by atoms with van der Waals surface area (Å²) in [7, 11) is -3.67. The summed E-state index contributed by atoms with van der Waals surface area (Å²) in [5.74, 6) is 0.655. The number of carbonyl (C=O) groups is 2. The molecule has 3 aromatic heterocycles. The van der Waals surface area contributed by atoms with Crippen molar-refractivity contribution in [2.75, 3.05) is 48.0 Å². The number of pyridine rings is 2. The van der Waals surface area contributed by atoms with Crippen molar-refractivity contribution in [3.8, 4) is 5.69 Å². The Labute approximate surface area is 291 Å². The molecule has 1 aliphatic carbocycles. The summed E-state index contributed by atoms with van der Waals surface area (Å²) in [5, 5.41) is 10.1. The third kappa shape index (κ3) is 8.51. The lowest BCUT2D eigenvalue weighted by atomic mass is 10.0. The highest BCUT2D eigenvalue weighted by Gasteiger charge is 2.66. The number of alkyl halides is 3. The first kappa shape index (κ1) is 36.5. The first-order valence-electron chi connectivity index (χ1n) is 15.3. The SMILES string of the molecule is CS(=O)(=O)O.Cc1ccc(-n2nc(C3(C(F)(F)F)CC3)cc2NC(=O)Nc2ccc(N3CCN(C(=O)c4ccccc4Cl)CC3)nc2C)cn1. The Bertz CT molecular complexity index is 1990. The van der Waals surface area contributed by atoms with Crippen molar-refractivity contribution in [2.45, 2.75) is 38.3 Å². The average molecular weight is 735 g/mol. The number of amides is 3. The van der Waals surface area contributed by atoms with Gasteiger partial charge in [-0.05, 0) is 63.1 Å². The van der Waals surface area contributed by atoms with E-state index >= 15 is 0 Å². The lowest BCUT2D eigenvalue weighted by molar-refractivity contribution is -0.161. The van der Waals surface area contributed by atoms with Gasteiger partial charge in [-0.2, -0.15) is 26.7 Å². The second-order valence-corrected chi connectivity index (χ2v) is 13.8. The highest BCUT2D eigenvalue weighted by Crippen LogP contribution is 2.58. The number of nitrogens with zero attached hydrogens (tertiary/aromatic N) is 6. The third-order valence-electron chi connectivity index (χ3n) is 8.19. The lowest BCUT2D eigenvalue weighted by Gasteiger charge is -2.35. The summed E-state index contributed by atoms with van der Waals surface area (Å²) < 4.78 is 68.8. The Balaban J connectivity index is 0.000000908. The van der Waals surface area contributed by atoms with Gasteiger partial charge in [-0.15, -0.1) is 0 Å². The largest absolute Gasteiger partial charge is 0.400 e. The Morgan fingerprint density at radius 2 is 1.64 bits per heavy atom. The second kappa shape index (κ2) is 14.2. The number of urea groups is 1. The number of carbonyl (C=O) groups excluding carboxylic acids is 2. The van der Waals surface area contributed by atoms with Crippen LogP contribution in [-0.4, -0.2) is 88.2 Å². The maximum atomic E-state index is 13.9. The van der Waals surface area contributed by atoms with Crippen LogP contribution in [0.1, 0.15) is 40.3 Å². The zero-order valence-corrected chi connectivity index (χ0v) is 28.8. The van der Waals surface area contributed by atoms with Gasteiger partial charge < -0.3 is 15.1 Å². The van der Waals surface area contributed by atoms with Crippen molar-refractivity contribution in [1.29, 1.82) is 0 Å². The van der Waals surface area contributed by atoms with E-state index in [9.17, 15) is 31.2 Å². The van der Waals surface area contributed by atoms with Crippen LogP contribution in [0.5, 0.6) is 0 Å². The molecule has 2 fully saturated rings. The quantitative estimate of drug-likeness (QED) is 0.213. The summed E-state index contributed by atoms with van der Waals surface area (Å²) >= 11 is 6.21. The number of piperazine rings is 1. The summed E-state index contributed by atoms with van der Waals surface area (Å²) in [6, 6.07) is 14.4. The Kier molecular flexibility index (Phi) is 10.4. The molecular formula is C32H34ClF3N8O5S. The van der Waals surface area contributed by atoms with Crippen LogP contribution in [0.4, 0.5) is 35.3 Å². The zero-order chi connectivity index (χ0) is 36.4. The van der Waals surface area contributed by atoms with Crippen molar-refractivity contribution >= 4 is 51.0 Å². The molecule has 4 heterocycles. The van der Waals surface area contributed by atoms with Crippen molar-refractivity contribution in [3.63, 3.8) is 0 Å². The van der Waals surface area contributed by atoms with Gasteiger partial charge in [0.05, 0.1) is 45.8 Å². The van der Waals surface area contributed by atoms with Crippen molar-refractivity contribution in [2.24, 2.45) is 0 Å². The molecule has 50 heavy (non-hydrogen) atoms. The molecular weight excluding hydrogens is 701 g/mol. The van der Waals surface area contributed by atoms with Gasteiger partial charge in [0.2, 0.25) is 0 Å². The fraction of sp³-hybridized carbons (Fsp3) is 0.344. The predicted molar refractivity (Wildman–Crippen MR) is 182 cm³/mol. The van der Waals surface area contributed by atoms with Crippen LogP contribution in [-0.2, 0) is 15.5 Å². The minimum Gasteiger partial charge on any atom is -0.353 e. The van der Waals surface area contributed by atoms with E-state index in [1.54, 1.807) is 67.3 Å². The summed E-state index contributed by atoms with van der Waals surface area (Å²) in [4.78, 5) is 38.7. The van der Waals surface area contributed by atoms with Crippen LogP contribution < -0.4 is 15.5 Å². The molecule has 0 spiro atoms. The van der Waals surface area contributed by atoms with Crippen molar-refractivity contribution in [1.82, 2.24) is 24.6 Å². The van der Waals surface area contributed by atoms with Crippen LogP contribution in [0.3, 0.4) is 0 Å². The van der Waals surface area contributed by atoms with E-state index in [-0.39, 0.29) is 30.3 Å². The molecule has 3 amide bonds. The smallest absolute Gasteiger partial charge is 0.353 e.